The molecule has 0 saturated heterocycles. The summed E-state index contributed by atoms with van der Waals surface area (Å²) in [5.74, 6) is -4.05. The van der Waals surface area contributed by atoms with Gasteiger partial charge in [-0.05, 0) is 48.0 Å². The Morgan fingerprint density at radius 2 is 1.75 bits per heavy atom. The Balaban J connectivity index is 1.59. The van der Waals surface area contributed by atoms with Crippen LogP contribution < -0.4 is 21.2 Å². The number of rotatable bonds is 7. The van der Waals surface area contributed by atoms with Crippen LogP contribution in [-0.4, -0.2) is 22.8 Å². The lowest BCUT2D eigenvalue weighted by Gasteiger charge is -2.16. The largest absolute Gasteiger partial charge is 0.491 e. The zero-order chi connectivity index (χ0) is 28.6. The molecule has 5 aromatic rings. The predicted octanol–water partition coefficient (Wildman–Crippen LogP) is 5.43. The van der Waals surface area contributed by atoms with E-state index in [0.29, 0.717) is 0 Å². The van der Waals surface area contributed by atoms with Gasteiger partial charge in [0.2, 0.25) is 5.43 Å². The third-order valence-electron chi connectivity index (χ3n) is 6.07. The Hall–Kier alpha value is -5.26. The number of aromatic nitrogens is 2. The first-order valence-electron chi connectivity index (χ1n) is 11.7. The molecule has 0 saturated carbocycles. The highest BCUT2D eigenvalue weighted by Gasteiger charge is 2.22. The van der Waals surface area contributed by atoms with Crippen LogP contribution in [0, 0.1) is 28.7 Å². The van der Waals surface area contributed by atoms with Crippen LogP contribution in [0.5, 0.6) is 5.75 Å². The molecule has 40 heavy (non-hydrogen) atoms. The number of methoxy groups -OCH3 is 1. The van der Waals surface area contributed by atoms with E-state index in [1.54, 1.807) is 0 Å². The SMILES string of the molecule is COc1c(F)cc(C(=N)c2c(N)ncnc2NCc2oc3ccc(F)cc3c(=O)c2-c2cccc(F)c2)cc1F. The number of nitrogens with one attached hydrogen (secondary N) is 2. The van der Waals surface area contributed by atoms with Gasteiger partial charge in [0.25, 0.3) is 0 Å². The van der Waals surface area contributed by atoms with Gasteiger partial charge in [0, 0.05) is 5.56 Å². The summed E-state index contributed by atoms with van der Waals surface area (Å²) in [7, 11) is 1.11. The van der Waals surface area contributed by atoms with Crippen LogP contribution >= 0.6 is 0 Å². The van der Waals surface area contributed by atoms with Crippen molar-refractivity contribution in [1.29, 1.82) is 5.41 Å². The highest BCUT2D eigenvalue weighted by molar-refractivity contribution is 6.16. The van der Waals surface area contributed by atoms with Crippen LogP contribution in [0.15, 0.2) is 70.1 Å². The minimum absolute atomic E-state index is 0.0128. The number of hydrogen-bond acceptors (Lipinski definition) is 8. The second-order valence-corrected chi connectivity index (χ2v) is 8.56. The molecule has 12 heteroatoms. The zero-order valence-electron chi connectivity index (χ0n) is 20.7. The Labute approximate surface area is 223 Å². The normalized spacial score (nSPS) is 11.0. The summed E-state index contributed by atoms with van der Waals surface area (Å²) >= 11 is 0. The van der Waals surface area contributed by atoms with E-state index >= 15 is 0 Å². The van der Waals surface area contributed by atoms with E-state index in [1.807, 2.05) is 0 Å². The number of halogens is 4. The molecule has 0 aliphatic carbocycles. The first kappa shape index (κ1) is 26.4. The average molecular weight is 549 g/mol. The molecule has 0 amide bonds. The Kier molecular flexibility index (Phi) is 6.91. The van der Waals surface area contributed by atoms with Crippen molar-refractivity contribution in [2.45, 2.75) is 6.54 Å². The molecule has 0 atom stereocenters. The van der Waals surface area contributed by atoms with E-state index < -0.39 is 40.2 Å². The van der Waals surface area contributed by atoms with E-state index in [-0.39, 0.29) is 57.2 Å². The molecule has 5 rings (SSSR count). The summed E-state index contributed by atoms with van der Waals surface area (Å²) in [6, 6.07) is 10.5. The minimum Gasteiger partial charge on any atom is -0.491 e. The van der Waals surface area contributed by atoms with E-state index in [9.17, 15) is 22.4 Å². The van der Waals surface area contributed by atoms with Gasteiger partial charge >= 0.3 is 0 Å². The monoisotopic (exact) mass is 549 g/mol. The van der Waals surface area contributed by atoms with Gasteiger partial charge in [-0.1, -0.05) is 12.1 Å². The summed E-state index contributed by atoms with van der Waals surface area (Å²) in [4.78, 5) is 21.4. The molecule has 0 fully saturated rings. The van der Waals surface area contributed by atoms with Gasteiger partial charge in [-0.25, -0.2) is 27.5 Å². The minimum atomic E-state index is -1.03. The maximum atomic E-state index is 14.4. The molecule has 0 bridgehead atoms. The Morgan fingerprint density at radius 1 is 1.02 bits per heavy atom. The Bertz CT molecular complexity index is 1840. The lowest BCUT2D eigenvalue weighted by molar-refractivity contribution is 0.360. The number of nitrogens with two attached hydrogens (primary N) is 1. The van der Waals surface area contributed by atoms with Gasteiger partial charge in [0.1, 0.15) is 40.9 Å². The molecule has 4 N–H and O–H groups in total. The maximum Gasteiger partial charge on any atom is 0.200 e. The summed E-state index contributed by atoms with van der Waals surface area (Å²) < 4.78 is 67.3. The van der Waals surface area contributed by atoms with E-state index in [4.69, 9.17) is 20.3 Å². The lowest BCUT2D eigenvalue weighted by atomic mass is 10.0. The van der Waals surface area contributed by atoms with Crippen LogP contribution in [0.3, 0.4) is 0 Å². The first-order valence-corrected chi connectivity index (χ1v) is 11.7. The van der Waals surface area contributed by atoms with Crippen molar-refractivity contribution in [3.05, 3.63) is 111 Å². The summed E-state index contributed by atoms with van der Waals surface area (Å²) in [6.45, 7) is -0.226. The van der Waals surface area contributed by atoms with Crippen molar-refractivity contribution < 1.29 is 26.7 Å². The highest BCUT2D eigenvalue weighted by Crippen LogP contribution is 2.29. The van der Waals surface area contributed by atoms with Gasteiger partial charge in [-0.2, -0.15) is 0 Å². The smallest absolute Gasteiger partial charge is 0.200 e. The van der Waals surface area contributed by atoms with Gasteiger partial charge in [0.15, 0.2) is 17.4 Å². The standard InChI is InChI=1S/C28H19F4N5O3/c1-39-26-18(31)8-14(9-19(26)32)24(33)23-27(34)36-12-37-28(23)35-11-21-22(13-3-2-4-15(29)7-13)25(38)17-10-16(30)5-6-20(17)40-21/h2-10,12,33H,11H2,1H3,(H3,34,35,36,37). The van der Waals surface area contributed by atoms with Gasteiger partial charge in [-0.15, -0.1) is 0 Å². The number of hydrogen-bond donors (Lipinski definition) is 3. The third kappa shape index (κ3) is 4.82. The summed E-state index contributed by atoms with van der Waals surface area (Å²) in [6.07, 6.45) is 1.11. The van der Waals surface area contributed by atoms with Crippen LogP contribution in [0.1, 0.15) is 16.9 Å². The van der Waals surface area contributed by atoms with Crippen molar-refractivity contribution in [2.75, 3.05) is 18.2 Å². The molecule has 2 aromatic heterocycles. The second-order valence-electron chi connectivity index (χ2n) is 8.56. The maximum absolute atomic E-state index is 14.4. The van der Waals surface area contributed by atoms with Crippen molar-refractivity contribution in [3.8, 4) is 16.9 Å². The number of nitrogen functional groups attached to an aromatic ring is 1. The van der Waals surface area contributed by atoms with E-state index in [1.165, 1.54) is 24.3 Å². The van der Waals surface area contributed by atoms with Crippen molar-refractivity contribution >= 4 is 28.3 Å². The van der Waals surface area contributed by atoms with Gasteiger partial charge in [-0.3, -0.25) is 10.2 Å². The number of nitrogens with zero attached hydrogens (tertiary/aromatic N) is 2. The van der Waals surface area contributed by atoms with Crippen molar-refractivity contribution in [1.82, 2.24) is 9.97 Å². The average Bonchev–Trinajstić information content (AvgIpc) is 2.92. The third-order valence-corrected chi connectivity index (χ3v) is 6.07. The molecule has 3 aromatic carbocycles. The fourth-order valence-electron chi connectivity index (χ4n) is 4.26. The second kappa shape index (κ2) is 10.5. The molecule has 8 nitrogen and oxygen atoms in total. The lowest BCUT2D eigenvalue weighted by Crippen LogP contribution is -2.16. The topological polar surface area (TPSA) is 127 Å². The van der Waals surface area contributed by atoms with Crippen molar-refractivity contribution in [3.63, 3.8) is 0 Å². The van der Waals surface area contributed by atoms with Crippen molar-refractivity contribution in [2.24, 2.45) is 0 Å². The molecule has 0 spiro atoms. The zero-order valence-corrected chi connectivity index (χ0v) is 20.7. The molecular weight excluding hydrogens is 530 g/mol. The number of fused-ring (bicyclic) bond motifs is 1. The van der Waals surface area contributed by atoms with Gasteiger partial charge < -0.3 is 20.2 Å². The quantitative estimate of drug-likeness (QED) is 0.183. The summed E-state index contributed by atoms with van der Waals surface area (Å²) in [5.41, 5.74) is 5.03. The highest BCUT2D eigenvalue weighted by atomic mass is 19.1. The molecule has 0 aliphatic heterocycles. The fraction of sp³-hybridized carbons (Fsp3) is 0.0714. The molecule has 0 aliphatic rings. The molecule has 0 unspecified atom stereocenters. The molecule has 202 valence electrons. The van der Waals surface area contributed by atoms with Crippen LogP contribution in [0.25, 0.3) is 22.1 Å². The molecular formula is C28H19F4N5O3. The predicted molar refractivity (Wildman–Crippen MR) is 140 cm³/mol. The molecule has 0 radical (unpaired) electrons. The summed E-state index contributed by atoms with van der Waals surface area (Å²) in [5, 5.41) is 11.5. The van der Waals surface area contributed by atoms with E-state index in [2.05, 4.69) is 15.3 Å². The van der Waals surface area contributed by atoms with Gasteiger partial charge in [0.05, 0.1) is 35.9 Å². The fourth-order valence-corrected chi connectivity index (χ4v) is 4.26. The van der Waals surface area contributed by atoms with Crippen LogP contribution in [-0.2, 0) is 6.54 Å². The number of benzene rings is 3. The van der Waals surface area contributed by atoms with Crippen LogP contribution in [0.2, 0.25) is 0 Å². The van der Waals surface area contributed by atoms with E-state index in [0.717, 1.165) is 43.8 Å². The molecule has 2 heterocycles. The number of ether oxygens (including phenoxy) is 1. The Morgan fingerprint density at radius 3 is 2.45 bits per heavy atom. The number of anilines is 2. The first-order chi connectivity index (χ1) is 19.2. The van der Waals surface area contributed by atoms with Crippen LogP contribution in [0.4, 0.5) is 29.2 Å².